The number of imidazole rings is 1. The lowest BCUT2D eigenvalue weighted by Crippen LogP contribution is -2.49. The summed E-state index contributed by atoms with van der Waals surface area (Å²) in [6.45, 7) is 6.75. The number of nitrogens with one attached hydrogen (secondary N) is 1. The first-order valence-corrected chi connectivity index (χ1v) is 10.3. The van der Waals surface area contributed by atoms with Gasteiger partial charge in [0.15, 0.2) is 5.96 Å². The summed E-state index contributed by atoms with van der Waals surface area (Å²) in [5.41, 5.74) is 1.23. The van der Waals surface area contributed by atoms with Gasteiger partial charge in [0, 0.05) is 45.7 Å². The summed E-state index contributed by atoms with van der Waals surface area (Å²) in [5.74, 6) is 1.65. The Hall–Kier alpha value is -1.61. The number of aliphatic imine (C=N–C) groups is 1. The quantitative estimate of drug-likeness (QED) is 0.253. The minimum absolute atomic E-state index is 0. The van der Waals surface area contributed by atoms with E-state index in [9.17, 15) is 0 Å². The molecule has 0 aliphatic carbocycles. The van der Waals surface area contributed by atoms with Crippen LogP contribution in [-0.4, -0.2) is 53.7 Å². The van der Waals surface area contributed by atoms with Crippen LogP contribution in [0.5, 0.6) is 0 Å². The van der Waals surface area contributed by atoms with E-state index in [0.29, 0.717) is 18.6 Å². The molecule has 1 aromatic heterocycles. The second-order valence-corrected chi connectivity index (χ2v) is 7.51. The molecule has 1 fully saturated rings. The van der Waals surface area contributed by atoms with Gasteiger partial charge < -0.3 is 19.5 Å². The van der Waals surface area contributed by atoms with Gasteiger partial charge in [0.2, 0.25) is 0 Å². The van der Waals surface area contributed by atoms with Crippen molar-refractivity contribution in [3.8, 4) is 0 Å². The maximum Gasteiger partial charge on any atom is 0.193 e. The predicted molar refractivity (Wildman–Crippen MR) is 129 cm³/mol. The molecular weight excluding hydrogens is 477 g/mol. The average molecular weight is 511 g/mol. The van der Waals surface area contributed by atoms with Gasteiger partial charge in [-0.3, -0.25) is 4.99 Å². The normalized spacial score (nSPS) is 19.7. The molecule has 1 N–H and O–H groups in total. The van der Waals surface area contributed by atoms with Gasteiger partial charge >= 0.3 is 0 Å². The van der Waals surface area contributed by atoms with Gasteiger partial charge in [0.1, 0.15) is 0 Å². The molecule has 1 saturated heterocycles. The zero-order chi connectivity index (χ0) is 19.6. The van der Waals surface area contributed by atoms with Gasteiger partial charge in [-0.25, -0.2) is 4.98 Å². The minimum Gasteiger partial charge on any atom is -0.377 e. The van der Waals surface area contributed by atoms with Crippen LogP contribution < -0.4 is 5.32 Å². The van der Waals surface area contributed by atoms with Gasteiger partial charge in [-0.1, -0.05) is 37.3 Å². The number of benzene rings is 1. The summed E-state index contributed by atoms with van der Waals surface area (Å²) in [6.07, 6.45) is 9.14. The van der Waals surface area contributed by atoms with Crippen molar-refractivity contribution < 1.29 is 4.74 Å². The van der Waals surface area contributed by atoms with Gasteiger partial charge in [-0.05, 0) is 30.7 Å². The van der Waals surface area contributed by atoms with Crippen molar-refractivity contribution in [3.05, 3.63) is 54.6 Å². The molecule has 6 nitrogen and oxygen atoms in total. The molecule has 1 aliphatic rings. The summed E-state index contributed by atoms with van der Waals surface area (Å²) in [5, 5.41) is 3.52. The van der Waals surface area contributed by atoms with Crippen molar-refractivity contribution in [2.75, 3.05) is 33.3 Å². The fourth-order valence-corrected chi connectivity index (χ4v) is 3.72. The van der Waals surface area contributed by atoms with E-state index in [1.165, 1.54) is 5.56 Å². The molecule has 2 aromatic rings. The Kier molecular flexibility index (Phi) is 10.5. The summed E-state index contributed by atoms with van der Waals surface area (Å²) in [4.78, 5) is 11.1. The largest absolute Gasteiger partial charge is 0.377 e. The van der Waals surface area contributed by atoms with E-state index in [1.54, 1.807) is 0 Å². The first-order chi connectivity index (χ1) is 13.8. The summed E-state index contributed by atoms with van der Waals surface area (Å²) < 4.78 is 7.99. The average Bonchev–Trinajstić information content (AvgIpc) is 3.26. The van der Waals surface area contributed by atoms with Crippen LogP contribution in [0.15, 0.2) is 54.0 Å². The van der Waals surface area contributed by atoms with E-state index in [4.69, 9.17) is 4.74 Å². The van der Waals surface area contributed by atoms with Crippen LogP contribution in [0, 0.1) is 5.92 Å². The first-order valence-electron chi connectivity index (χ1n) is 10.3. The van der Waals surface area contributed by atoms with Crippen LogP contribution in [-0.2, 0) is 11.3 Å². The van der Waals surface area contributed by atoms with E-state index in [2.05, 4.69) is 50.0 Å². The Labute approximate surface area is 191 Å². The maximum absolute atomic E-state index is 5.76. The molecule has 29 heavy (non-hydrogen) atoms. The summed E-state index contributed by atoms with van der Waals surface area (Å²) in [7, 11) is 1.87. The van der Waals surface area contributed by atoms with Crippen molar-refractivity contribution in [1.29, 1.82) is 0 Å². The Morgan fingerprint density at radius 1 is 1.28 bits per heavy atom. The predicted octanol–water partition coefficient (Wildman–Crippen LogP) is 3.96. The van der Waals surface area contributed by atoms with E-state index < -0.39 is 0 Å². The second-order valence-electron chi connectivity index (χ2n) is 7.51. The van der Waals surface area contributed by atoms with Gasteiger partial charge in [-0.15, -0.1) is 24.0 Å². The monoisotopic (exact) mass is 511 g/mol. The van der Waals surface area contributed by atoms with Crippen molar-refractivity contribution >= 4 is 29.9 Å². The minimum atomic E-state index is 0. The summed E-state index contributed by atoms with van der Waals surface area (Å²) >= 11 is 0. The molecule has 0 bridgehead atoms. The SMILES string of the molecule is CN=C(NCCCCOCc1ccccc1)N1CCC(C)C(n2ccnc2)C1.I. The van der Waals surface area contributed by atoms with E-state index in [0.717, 1.165) is 51.5 Å². The molecule has 2 heterocycles. The topological polar surface area (TPSA) is 54.7 Å². The van der Waals surface area contributed by atoms with Gasteiger partial charge in [0.25, 0.3) is 0 Å². The van der Waals surface area contributed by atoms with Crippen molar-refractivity contribution in [2.24, 2.45) is 10.9 Å². The molecule has 1 aromatic carbocycles. The maximum atomic E-state index is 5.76. The highest BCUT2D eigenvalue weighted by Gasteiger charge is 2.28. The highest BCUT2D eigenvalue weighted by molar-refractivity contribution is 14.0. The van der Waals surface area contributed by atoms with Crippen LogP contribution in [0.3, 0.4) is 0 Å². The van der Waals surface area contributed by atoms with Gasteiger partial charge in [-0.2, -0.15) is 0 Å². The van der Waals surface area contributed by atoms with E-state index in [-0.39, 0.29) is 24.0 Å². The van der Waals surface area contributed by atoms with Crippen LogP contribution >= 0.6 is 24.0 Å². The number of rotatable bonds is 8. The Morgan fingerprint density at radius 2 is 2.10 bits per heavy atom. The van der Waals surface area contributed by atoms with E-state index >= 15 is 0 Å². The number of hydrogen-bond acceptors (Lipinski definition) is 3. The molecule has 0 amide bonds. The molecule has 0 radical (unpaired) electrons. The molecular formula is C22H34IN5O. The van der Waals surface area contributed by atoms with Crippen LogP contribution in [0.4, 0.5) is 0 Å². The molecule has 0 saturated carbocycles. The lowest BCUT2D eigenvalue weighted by Gasteiger charge is -2.39. The molecule has 0 spiro atoms. The summed E-state index contributed by atoms with van der Waals surface area (Å²) in [6, 6.07) is 10.8. The number of likely N-dealkylation sites (tertiary alicyclic amines) is 1. The molecule has 1 aliphatic heterocycles. The molecule has 160 valence electrons. The lowest BCUT2D eigenvalue weighted by molar-refractivity contribution is 0.117. The van der Waals surface area contributed by atoms with Gasteiger partial charge in [0.05, 0.1) is 19.0 Å². The molecule has 2 atom stereocenters. The standard InChI is InChI=1S/C22H33N5O.HI/c1-19-10-13-26(16-21(19)27-14-12-24-18-27)22(23-2)25-11-6-7-15-28-17-20-8-4-3-5-9-20;/h3-5,8-9,12,14,18-19,21H,6-7,10-11,13,15-17H2,1-2H3,(H,23,25);1H. The molecule has 3 rings (SSSR count). The number of halogens is 1. The fraction of sp³-hybridized carbons (Fsp3) is 0.545. The van der Waals surface area contributed by atoms with Crippen LogP contribution in [0.1, 0.15) is 37.8 Å². The number of hydrogen-bond donors (Lipinski definition) is 1. The molecule has 2 unspecified atom stereocenters. The van der Waals surface area contributed by atoms with Crippen LogP contribution in [0.25, 0.3) is 0 Å². The molecule has 7 heteroatoms. The smallest absolute Gasteiger partial charge is 0.193 e. The Bertz CT molecular complexity index is 707. The third-order valence-electron chi connectivity index (χ3n) is 5.45. The number of aromatic nitrogens is 2. The Balaban J connectivity index is 0.00000300. The number of ether oxygens (including phenoxy) is 1. The van der Waals surface area contributed by atoms with E-state index in [1.807, 2.05) is 37.8 Å². The fourth-order valence-electron chi connectivity index (χ4n) is 3.72. The van der Waals surface area contributed by atoms with Crippen molar-refractivity contribution in [1.82, 2.24) is 19.8 Å². The van der Waals surface area contributed by atoms with Crippen LogP contribution in [0.2, 0.25) is 0 Å². The first kappa shape index (κ1) is 23.7. The highest BCUT2D eigenvalue weighted by atomic mass is 127. The zero-order valence-corrected chi connectivity index (χ0v) is 19.9. The number of piperidine rings is 1. The lowest BCUT2D eigenvalue weighted by atomic mass is 9.93. The van der Waals surface area contributed by atoms with Crippen molar-refractivity contribution in [2.45, 2.75) is 38.8 Å². The Morgan fingerprint density at radius 3 is 2.83 bits per heavy atom. The zero-order valence-electron chi connectivity index (χ0n) is 17.5. The number of guanidine groups is 1. The highest BCUT2D eigenvalue weighted by Crippen LogP contribution is 2.27. The number of unbranched alkanes of at least 4 members (excludes halogenated alkanes) is 1. The second kappa shape index (κ2) is 12.8. The third kappa shape index (κ3) is 7.29. The third-order valence-corrected chi connectivity index (χ3v) is 5.45. The van der Waals surface area contributed by atoms with Crippen molar-refractivity contribution in [3.63, 3.8) is 0 Å². The number of nitrogens with zero attached hydrogens (tertiary/aromatic N) is 4.